The summed E-state index contributed by atoms with van der Waals surface area (Å²) in [6.07, 6.45) is 0. The Morgan fingerprint density at radius 1 is 1.38 bits per heavy atom. The smallest absolute Gasteiger partial charge is 0.121 e. The summed E-state index contributed by atoms with van der Waals surface area (Å²) in [5, 5.41) is 18.1. The van der Waals surface area contributed by atoms with Crippen molar-refractivity contribution in [3.8, 4) is 11.8 Å². The molecule has 0 heterocycles. The first-order chi connectivity index (χ1) is 6.06. The van der Waals surface area contributed by atoms with Crippen LogP contribution in [0, 0.1) is 25.2 Å². The van der Waals surface area contributed by atoms with Gasteiger partial charge < -0.3 is 10.8 Å². The molecule has 0 radical (unpaired) electrons. The lowest BCUT2D eigenvalue weighted by Gasteiger charge is -2.08. The number of nitrogens with two attached hydrogens (primary N) is 1. The van der Waals surface area contributed by atoms with Crippen molar-refractivity contribution in [1.82, 2.24) is 0 Å². The molecule has 1 aromatic carbocycles. The van der Waals surface area contributed by atoms with Gasteiger partial charge in [-0.25, -0.2) is 0 Å². The predicted molar refractivity (Wildman–Crippen MR) is 50.1 cm³/mol. The van der Waals surface area contributed by atoms with Crippen LogP contribution in [0.3, 0.4) is 0 Å². The van der Waals surface area contributed by atoms with Crippen LogP contribution in [-0.4, -0.2) is 5.11 Å². The lowest BCUT2D eigenvalue weighted by atomic mass is 10.0. The van der Waals surface area contributed by atoms with Gasteiger partial charge in [0.15, 0.2) is 0 Å². The third-order valence-electron chi connectivity index (χ3n) is 2.01. The van der Waals surface area contributed by atoms with Gasteiger partial charge in [0.1, 0.15) is 11.8 Å². The van der Waals surface area contributed by atoms with Crippen LogP contribution in [0.4, 0.5) is 0 Å². The highest BCUT2D eigenvalue weighted by atomic mass is 16.3. The normalized spacial score (nSPS) is 12.2. The highest BCUT2D eigenvalue weighted by Crippen LogP contribution is 2.24. The van der Waals surface area contributed by atoms with Crippen LogP contribution in [0.1, 0.15) is 22.7 Å². The van der Waals surface area contributed by atoms with Gasteiger partial charge in [0.25, 0.3) is 0 Å². The summed E-state index contributed by atoms with van der Waals surface area (Å²) >= 11 is 0. The molecule has 1 atom stereocenters. The van der Waals surface area contributed by atoms with Crippen LogP contribution in [-0.2, 0) is 0 Å². The number of nitrogens with zero attached hydrogens (tertiary/aromatic N) is 1. The maximum absolute atomic E-state index is 9.46. The topological polar surface area (TPSA) is 70.0 Å². The Morgan fingerprint density at radius 3 is 2.23 bits per heavy atom. The van der Waals surface area contributed by atoms with Gasteiger partial charge in [-0.3, -0.25) is 0 Å². The maximum atomic E-state index is 9.46. The molecule has 0 aliphatic rings. The number of aromatic hydroxyl groups is 1. The second kappa shape index (κ2) is 3.46. The van der Waals surface area contributed by atoms with E-state index in [0.717, 1.165) is 16.7 Å². The largest absolute Gasteiger partial charge is 0.507 e. The van der Waals surface area contributed by atoms with Crippen LogP contribution in [0.15, 0.2) is 12.1 Å². The number of aryl methyl sites for hydroxylation is 2. The first-order valence-electron chi connectivity index (χ1n) is 4.01. The SMILES string of the molecule is Cc1cc([C@H](N)C#N)cc(C)c1O. The summed E-state index contributed by atoms with van der Waals surface area (Å²) in [5.41, 5.74) is 7.79. The summed E-state index contributed by atoms with van der Waals surface area (Å²) < 4.78 is 0. The predicted octanol–water partition coefficient (Wildman–Crippen LogP) is 1.53. The quantitative estimate of drug-likeness (QED) is 0.681. The Morgan fingerprint density at radius 2 is 1.85 bits per heavy atom. The minimum Gasteiger partial charge on any atom is -0.507 e. The van der Waals surface area contributed by atoms with E-state index in [1.165, 1.54) is 0 Å². The molecular weight excluding hydrogens is 164 g/mol. The number of hydrogen-bond acceptors (Lipinski definition) is 3. The van der Waals surface area contributed by atoms with Gasteiger partial charge in [-0.1, -0.05) is 0 Å². The lowest BCUT2D eigenvalue weighted by molar-refractivity contribution is 0.466. The van der Waals surface area contributed by atoms with Crippen molar-refractivity contribution in [2.45, 2.75) is 19.9 Å². The number of hydrogen-bond donors (Lipinski definition) is 2. The van der Waals surface area contributed by atoms with Gasteiger partial charge in [-0.2, -0.15) is 5.26 Å². The van der Waals surface area contributed by atoms with Gasteiger partial charge in [0.05, 0.1) is 6.07 Å². The zero-order chi connectivity index (χ0) is 10.0. The minimum absolute atomic E-state index is 0.272. The van der Waals surface area contributed by atoms with Crippen LogP contribution in [0.5, 0.6) is 5.75 Å². The van der Waals surface area contributed by atoms with E-state index in [9.17, 15) is 5.11 Å². The van der Waals surface area contributed by atoms with Crippen molar-refractivity contribution in [1.29, 1.82) is 5.26 Å². The molecule has 1 aromatic rings. The molecule has 0 fully saturated rings. The molecule has 0 saturated carbocycles. The highest BCUT2D eigenvalue weighted by molar-refractivity contribution is 5.43. The minimum atomic E-state index is -0.613. The fraction of sp³-hybridized carbons (Fsp3) is 0.300. The maximum Gasteiger partial charge on any atom is 0.121 e. The second-order valence-electron chi connectivity index (χ2n) is 3.11. The zero-order valence-electron chi connectivity index (χ0n) is 7.70. The number of phenols is 1. The Kier molecular flexibility index (Phi) is 2.54. The van der Waals surface area contributed by atoms with Crippen molar-refractivity contribution < 1.29 is 5.11 Å². The number of nitriles is 1. The fourth-order valence-corrected chi connectivity index (χ4v) is 1.24. The molecule has 0 amide bonds. The molecule has 1 rings (SSSR count). The molecule has 0 saturated heterocycles. The summed E-state index contributed by atoms with van der Waals surface area (Å²) in [6, 6.07) is 4.80. The number of benzene rings is 1. The van der Waals surface area contributed by atoms with E-state index in [1.54, 1.807) is 26.0 Å². The van der Waals surface area contributed by atoms with Gasteiger partial charge in [0, 0.05) is 0 Å². The van der Waals surface area contributed by atoms with Crippen LogP contribution in [0.2, 0.25) is 0 Å². The van der Waals surface area contributed by atoms with E-state index in [1.807, 2.05) is 6.07 Å². The van der Waals surface area contributed by atoms with Crippen molar-refractivity contribution in [2.24, 2.45) is 5.73 Å². The molecule has 0 aromatic heterocycles. The molecule has 3 heteroatoms. The summed E-state index contributed by atoms with van der Waals surface area (Å²) in [6.45, 7) is 3.58. The molecule has 0 aliphatic heterocycles. The molecule has 3 nitrogen and oxygen atoms in total. The monoisotopic (exact) mass is 176 g/mol. The number of phenolic OH excluding ortho intramolecular Hbond substituents is 1. The summed E-state index contributed by atoms with van der Waals surface area (Å²) in [7, 11) is 0. The third kappa shape index (κ3) is 1.79. The molecule has 68 valence electrons. The van der Waals surface area contributed by atoms with Crippen molar-refractivity contribution in [3.63, 3.8) is 0 Å². The van der Waals surface area contributed by atoms with Crippen LogP contribution < -0.4 is 5.73 Å². The molecule has 0 aliphatic carbocycles. The van der Waals surface area contributed by atoms with E-state index in [-0.39, 0.29) is 5.75 Å². The summed E-state index contributed by atoms with van der Waals surface area (Å²) in [4.78, 5) is 0. The van der Waals surface area contributed by atoms with Crippen molar-refractivity contribution in [3.05, 3.63) is 28.8 Å². The third-order valence-corrected chi connectivity index (χ3v) is 2.01. The zero-order valence-corrected chi connectivity index (χ0v) is 7.70. The van der Waals surface area contributed by atoms with Crippen LogP contribution in [0.25, 0.3) is 0 Å². The van der Waals surface area contributed by atoms with E-state index in [4.69, 9.17) is 11.0 Å². The Balaban J connectivity index is 3.22. The number of rotatable bonds is 1. The molecule has 0 bridgehead atoms. The standard InChI is InChI=1S/C10H12N2O/c1-6-3-8(9(12)5-11)4-7(2)10(6)13/h3-4,9,13H,12H2,1-2H3/t9-/m1/s1. The van der Waals surface area contributed by atoms with Gasteiger partial charge in [-0.05, 0) is 42.7 Å². The summed E-state index contributed by atoms with van der Waals surface area (Å²) in [5.74, 6) is 0.272. The molecule has 3 N–H and O–H groups in total. The molecular formula is C10H12N2O. The molecule has 0 unspecified atom stereocenters. The van der Waals surface area contributed by atoms with Crippen LogP contribution >= 0.6 is 0 Å². The van der Waals surface area contributed by atoms with E-state index in [0.29, 0.717) is 0 Å². The van der Waals surface area contributed by atoms with Gasteiger partial charge >= 0.3 is 0 Å². The fourth-order valence-electron chi connectivity index (χ4n) is 1.24. The molecule has 0 spiro atoms. The second-order valence-corrected chi connectivity index (χ2v) is 3.11. The van der Waals surface area contributed by atoms with E-state index >= 15 is 0 Å². The average molecular weight is 176 g/mol. The highest BCUT2D eigenvalue weighted by Gasteiger charge is 2.08. The lowest BCUT2D eigenvalue weighted by Crippen LogP contribution is -2.07. The van der Waals surface area contributed by atoms with Gasteiger partial charge in [0.2, 0.25) is 0 Å². The van der Waals surface area contributed by atoms with E-state index in [2.05, 4.69) is 0 Å². The Bertz CT molecular complexity index is 343. The van der Waals surface area contributed by atoms with Crippen molar-refractivity contribution in [2.75, 3.05) is 0 Å². The molecule has 13 heavy (non-hydrogen) atoms. The van der Waals surface area contributed by atoms with E-state index < -0.39 is 6.04 Å². The van der Waals surface area contributed by atoms with Gasteiger partial charge in [-0.15, -0.1) is 0 Å². The first-order valence-corrected chi connectivity index (χ1v) is 4.01. The Labute approximate surface area is 77.4 Å². The average Bonchev–Trinajstić information content (AvgIpc) is 2.12. The Hall–Kier alpha value is -1.53. The first kappa shape index (κ1) is 9.56. The van der Waals surface area contributed by atoms with Crippen molar-refractivity contribution >= 4 is 0 Å².